The molecule has 6 heteroatoms. The number of hydrogen-bond acceptors (Lipinski definition) is 3. The van der Waals surface area contributed by atoms with Gasteiger partial charge in [0.05, 0.1) is 5.69 Å². The fourth-order valence-electron chi connectivity index (χ4n) is 2.05. The lowest BCUT2D eigenvalue weighted by Crippen LogP contribution is -2.27. The van der Waals surface area contributed by atoms with Crippen LogP contribution in [0.5, 0.6) is 0 Å². The van der Waals surface area contributed by atoms with Crippen LogP contribution in [-0.2, 0) is 16.6 Å². The van der Waals surface area contributed by atoms with Crippen molar-refractivity contribution in [2.24, 2.45) is 0 Å². The molecular formula is C15H17FN2O2S. The molecule has 0 bridgehead atoms. The van der Waals surface area contributed by atoms with Gasteiger partial charge in [-0.1, -0.05) is 29.8 Å². The maximum Gasteiger partial charge on any atom is 0.245 e. The van der Waals surface area contributed by atoms with Crippen molar-refractivity contribution in [1.29, 1.82) is 0 Å². The molecule has 2 aromatic rings. The molecule has 0 saturated carbocycles. The van der Waals surface area contributed by atoms with E-state index in [2.05, 4.69) is 0 Å². The first-order chi connectivity index (χ1) is 9.80. The van der Waals surface area contributed by atoms with Gasteiger partial charge in [0.25, 0.3) is 0 Å². The first kappa shape index (κ1) is 15.5. The largest absolute Gasteiger partial charge is 0.398 e. The molecule has 0 aromatic heterocycles. The van der Waals surface area contributed by atoms with Crippen molar-refractivity contribution in [1.82, 2.24) is 4.31 Å². The molecule has 112 valence electrons. The molecule has 0 aliphatic rings. The number of anilines is 1. The lowest BCUT2D eigenvalue weighted by molar-refractivity contribution is 0.466. The highest BCUT2D eigenvalue weighted by atomic mass is 32.2. The summed E-state index contributed by atoms with van der Waals surface area (Å²) in [4.78, 5) is -0.211. The molecule has 0 fully saturated rings. The van der Waals surface area contributed by atoms with Gasteiger partial charge in [0, 0.05) is 13.6 Å². The van der Waals surface area contributed by atoms with Gasteiger partial charge in [-0.3, -0.25) is 0 Å². The average molecular weight is 308 g/mol. The van der Waals surface area contributed by atoms with Crippen LogP contribution < -0.4 is 5.73 Å². The Bertz CT molecular complexity index is 760. The van der Waals surface area contributed by atoms with Crippen LogP contribution in [0.3, 0.4) is 0 Å². The van der Waals surface area contributed by atoms with Crippen molar-refractivity contribution in [2.75, 3.05) is 12.8 Å². The number of halogens is 1. The van der Waals surface area contributed by atoms with E-state index >= 15 is 0 Å². The van der Waals surface area contributed by atoms with Gasteiger partial charge in [0.2, 0.25) is 10.0 Å². The highest BCUT2D eigenvalue weighted by molar-refractivity contribution is 7.89. The third-order valence-electron chi connectivity index (χ3n) is 3.15. The van der Waals surface area contributed by atoms with E-state index in [0.29, 0.717) is 0 Å². The zero-order valence-corrected chi connectivity index (χ0v) is 12.7. The van der Waals surface area contributed by atoms with Crippen LogP contribution in [0.4, 0.5) is 10.1 Å². The second-order valence-electron chi connectivity index (χ2n) is 4.93. The molecule has 0 spiro atoms. The van der Waals surface area contributed by atoms with Crippen LogP contribution in [0.2, 0.25) is 0 Å². The minimum atomic E-state index is -3.83. The van der Waals surface area contributed by atoms with E-state index in [1.54, 1.807) is 0 Å². The second kappa shape index (κ2) is 5.83. The SMILES string of the molecule is Cc1cccc(CN(C)S(=O)(=O)c2cc(F)ccc2N)c1. The highest BCUT2D eigenvalue weighted by Crippen LogP contribution is 2.23. The maximum absolute atomic E-state index is 13.3. The molecule has 0 aliphatic carbocycles. The summed E-state index contributed by atoms with van der Waals surface area (Å²) in [6.45, 7) is 2.13. The van der Waals surface area contributed by atoms with Gasteiger partial charge in [-0.05, 0) is 30.7 Å². The van der Waals surface area contributed by atoms with Crippen LogP contribution in [0.15, 0.2) is 47.4 Å². The molecule has 0 unspecified atom stereocenters. The zero-order valence-electron chi connectivity index (χ0n) is 11.9. The Labute approximate surface area is 124 Å². The molecular weight excluding hydrogens is 291 g/mol. The van der Waals surface area contributed by atoms with Crippen molar-refractivity contribution >= 4 is 15.7 Å². The first-order valence-corrected chi connectivity index (χ1v) is 7.81. The minimum absolute atomic E-state index is 0.0347. The summed E-state index contributed by atoms with van der Waals surface area (Å²) < 4.78 is 39.4. The van der Waals surface area contributed by atoms with Gasteiger partial charge in [-0.15, -0.1) is 0 Å². The number of nitrogens with zero attached hydrogens (tertiary/aromatic N) is 1. The van der Waals surface area contributed by atoms with E-state index < -0.39 is 15.8 Å². The van der Waals surface area contributed by atoms with E-state index in [0.717, 1.165) is 27.6 Å². The van der Waals surface area contributed by atoms with Crippen molar-refractivity contribution < 1.29 is 12.8 Å². The molecule has 0 amide bonds. The Hall–Kier alpha value is -1.92. The number of benzene rings is 2. The molecule has 2 N–H and O–H groups in total. The van der Waals surface area contributed by atoms with Gasteiger partial charge in [-0.25, -0.2) is 12.8 Å². The minimum Gasteiger partial charge on any atom is -0.398 e. The van der Waals surface area contributed by atoms with E-state index in [-0.39, 0.29) is 17.1 Å². The third kappa shape index (κ3) is 3.40. The summed E-state index contributed by atoms with van der Waals surface area (Å²) in [5.74, 6) is -0.633. The van der Waals surface area contributed by atoms with E-state index in [9.17, 15) is 12.8 Å². The molecule has 21 heavy (non-hydrogen) atoms. The third-order valence-corrected chi connectivity index (χ3v) is 5.01. The van der Waals surface area contributed by atoms with Gasteiger partial charge < -0.3 is 5.73 Å². The Balaban J connectivity index is 2.33. The smallest absolute Gasteiger partial charge is 0.245 e. The summed E-state index contributed by atoms with van der Waals surface area (Å²) in [5, 5.41) is 0. The number of nitrogen functional groups attached to an aromatic ring is 1. The highest BCUT2D eigenvalue weighted by Gasteiger charge is 2.24. The second-order valence-corrected chi connectivity index (χ2v) is 6.95. The van der Waals surface area contributed by atoms with Gasteiger partial charge >= 0.3 is 0 Å². The lowest BCUT2D eigenvalue weighted by atomic mass is 10.1. The predicted molar refractivity (Wildman–Crippen MR) is 80.6 cm³/mol. The van der Waals surface area contributed by atoms with Gasteiger partial charge in [0.15, 0.2) is 0 Å². The summed E-state index contributed by atoms with van der Waals surface area (Å²) in [5.41, 5.74) is 7.60. The van der Waals surface area contributed by atoms with Crippen molar-refractivity contribution in [3.8, 4) is 0 Å². The van der Waals surface area contributed by atoms with E-state index in [4.69, 9.17) is 5.73 Å². The topological polar surface area (TPSA) is 63.4 Å². The first-order valence-electron chi connectivity index (χ1n) is 6.37. The van der Waals surface area contributed by atoms with Gasteiger partial charge in [0.1, 0.15) is 10.7 Å². The Kier molecular flexibility index (Phi) is 4.29. The Morgan fingerprint density at radius 3 is 2.57 bits per heavy atom. The number of sulfonamides is 1. The fourth-order valence-corrected chi connectivity index (χ4v) is 3.33. The summed E-state index contributed by atoms with van der Waals surface area (Å²) in [6, 6.07) is 10.9. The molecule has 0 saturated heterocycles. The molecule has 0 atom stereocenters. The quantitative estimate of drug-likeness (QED) is 0.883. The lowest BCUT2D eigenvalue weighted by Gasteiger charge is -2.18. The fraction of sp³-hybridized carbons (Fsp3) is 0.200. The van der Waals surface area contributed by atoms with Crippen LogP contribution >= 0.6 is 0 Å². The molecule has 0 aliphatic heterocycles. The van der Waals surface area contributed by atoms with E-state index in [1.807, 2.05) is 31.2 Å². The molecule has 2 rings (SSSR count). The number of nitrogens with two attached hydrogens (primary N) is 1. The Morgan fingerprint density at radius 1 is 1.19 bits per heavy atom. The number of hydrogen-bond donors (Lipinski definition) is 1. The molecule has 0 heterocycles. The van der Waals surface area contributed by atoms with Crippen LogP contribution in [0, 0.1) is 12.7 Å². The van der Waals surface area contributed by atoms with Crippen molar-refractivity contribution in [3.05, 3.63) is 59.4 Å². The molecule has 0 radical (unpaired) electrons. The predicted octanol–water partition coefficient (Wildman–Crippen LogP) is 2.54. The molecule has 4 nitrogen and oxygen atoms in total. The zero-order chi connectivity index (χ0) is 15.6. The molecule has 2 aromatic carbocycles. The van der Waals surface area contributed by atoms with Crippen LogP contribution in [-0.4, -0.2) is 19.8 Å². The van der Waals surface area contributed by atoms with Crippen LogP contribution in [0.25, 0.3) is 0 Å². The van der Waals surface area contributed by atoms with Crippen molar-refractivity contribution in [3.63, 3.8) is 0 Å². The van der Waals surface area contributed by atoms with E-state index in [1.165, 1.54) is 13.1 Å². The van der Waals surface area contributed by atoms with Crippen molar-refractivity contribution in [2.45, 2.75) is 18.4 Å². The number of rotatable bonds is 4. The Morgan fingerprint density at radius 2 is 1.90 bits per heavy atom. The monoisotopic (exact) mass is 308 g/mol. The maximum atomic E-state index is 13.3. The van der Waals surface area contributed by atoms with Crippen LogP contribution in [0.1, 0.15) is 11.1 Å². The average Bonchev–Trinajstić information content (AvgIpc) is 2.41. The normalized spacial score (nSPS) is 11.8. The summed E-state index contributed by atoms with van der Waals surface area (Å²) >= 11 is 0. The number of aryl methyl sites for hydroxylation is 1. The summed E-state index contributed by atoms with van der Waals surface area (Å²) in [6.07, 6.45) is 0. The van der Waals surface area contributed by atoms with Gasteiger partial charge in [-0.2, -0.15) is 4.31 Å². The standard InChI is InChI=1S/C15H17FN2O2S/c1-11-4-3-5-12(8-11)10-18(2)21(19,20)15-9-13(16)6-7-14(15)17/h3-9H,10,17H2,1-2H3. The summed E-state index contributed by atoms with van der Waals surface area (Å²) in [7, 11) is -2.39.